The molecule has 1 unspecified atom stereocenters. The Kier molecular flexibility index (Phi) is 12.7. The Hall–Kier alpha value is -1.59. The van der Waals surface area contributed by atoms with E-state index in [4.69, 9.17) is 14.2 Å². The van der Waals surface area contributed by atoms with Gasteiger partial charge in [-0.1, -0.05) is 12.1 Å². The van der Waals surface area contributed by atoms with E-state index in [1.165, 1.54) is 5.56 Å². The van der Waals surface area contributed by atoms with Crippen molar-refractivity contribution in [2.24, 2.45) is 4.99 Å². The number of hydrogen-bond acceptors (Lipinski definition) is 5. The first kappa shape index (κ1) is 26.7. The number of benzene rings is 1. The van der Waals surface area contributed by atoms with Crippen molar-refractivity contribution in [2.45, 2.75) is 51.2 Å². The van der Waals surface area contributed by atoms with Gasteiger partial charge >= 0.3 is 0 Å². The highest BCUT2D eigenvalue weighted by Crippen LogP contribution is 2.18. The molecule has 1 atom stereocenters. The smallest absolute Gasteiger partial charge is 0.258 e. The summed E-state index contributed by atoms with van der Waals surface area (Å²) in [6.45, 7) is 6.70. The van der Waals surface area contributed by atoms with E-state index in [-0.39, 0.29) is 42.6 Å². The molecule has 180 valence electrons. The topological polar surface area (TPSA) is 93.2 Å². The fourth-order valence-electron chi connectivity index (χ4n) is 3.21. The van der Waals surface area contributed by atoms with Gasteiger partial charge in [0.25, 0.3) is 5.91 Å². The van der Waals surface area contributed by atoms with Crippen molar-refractivity contribution < 1.29 is 19.0 Å². The maximum Gasteiger partial charge on any atom is 0.258 e. The third kappa shape index (κ3) is 10.8. The summed E-state index contributed by atoms with van der Waals surface area (Å²) in [6.07, 6.45) is 5.19. The highest BCUT2D eigenvalue weighted by atomic mass is 127. The fourth-order valence-corrected chi connectivity index (χ4v) is 3.21. The Morgan fingerprint density at radius 2 is 2.00 bits per heavy atom. The van der Waals surface area contributed by atoms with Crippen molar-refractivity contribution in [1.29, 1.82) is 0 Å². The first-order valence-electron chi connectivity index (χ1n) is 11.5. The Balaban J connectivity index is 0.00000363. The summed E-state index contributed by atoms with van der Waals surface area (Å²) in [5.41, 5.74) is 1.20. The predicted octanol–water partition coefficient (Wildman–Crippen LogP) is 2.26. The molecular weight excluding hydrogens is 523 g/mol. The molecule has 1 aliphatic carbocycles. The van der Waals surface area contributed by atoms with Crippen LogP contribution in [0.5, 0.6) is 5.75 Å². The van der Waals surface area contributed by atoms with E-state index in [9.17, 15) is 4.79 Å². The number of rotatable bonds is 13. The van der Waals surface area contributed by atoms with Crippen LogP contribution in [0.1, 0.15) is 38.2 Å². The van der Waals surface area contributed by atoms with Crippen molar-refractivity contribution >= 4 is 35.8 Å². The molecule has 1 amide bonds. The number of nitrogens with zero attached hydrogens (tertiary/aromatic N) is 1. The van der Waals surface area contributed by atoms with E-state index in [0.29, 0.717) is 18.4 Å². The lowest BCUT2D eigenvalue weighted by Crippen LogP contribution is -2.38. The van der Waals surface area contributed by atoms with Gasteiger partial charge in [0, 0.05) is 38.9 Å². The van der Waals surface area contributed by atoms with E-state index in [1.807, 2.05) is 24.3 Å². The number of halogens is 1. The Morgan fingerprint density at radius 1 is 1.19 bits per heavy atom. The molecule has 1 heterocycles. The van der Waals surface area contributed by atoms with Crippen LogP contribution in [-0.2, 0) is 20.7 Å². The quantitative estimate of drug-likeness (QED) is 0.148. The molecule has 1 aromatic carbocycles. The van der Waals surface area contributed by atoms with Gasteiger partial charge in [0.05, 0.1) is 12.7 Å². The van der Waals surface area contributed by atoms with E-state index < -0.39 is 0 Å². The van der Waals surface area contributed by atoms with Crippen molar-refractivity contribution in [1.82, 2.24) is 16.0 Å². The van der Waals surface area contributed by atoms with Crippen molar-refractivity contribution in [3.63, 3.8) is 0 Å². The van der Waals surface area contributed by atoms with E-state index >= 15 is 0 Å². The van der Waals surface area contributed by atoms with Crippen molar-refractivity contribution in [3.8, 4) is 5.75 Å². The first-order valence-corrected chi connectivity index (χ1v) is 11.5. The summed E-state index contributed by atoms with van der Waals surface area (Å²) in [5, 5.41) is 9.57. The highest BCUT2D eigenvalue weighted by molar-refractivity contribution is 14.0. The number of carbonyl (C=O) groups is 1. The van der Waals surface area contributed by atoms with Crippen molar-refractivity contribution in [2.75, 3.05) is 46.1 Å². The second-order valence-corrected chi connectivity index (χ2v) is 7.92. The molecule has 8 nitrogen and oxygen atoms in total. The summed E-state index contributed by atoms with van der Waals surface area (Å²) in [7, 11) is 0. The molecule has 1 saturated carbocycles. The molecule has 1 aromatic rings. The molecule has 3 N–H and O–H groups in total. The molecule has 2 aliphatic rings. The van der Waals surface area contributed by atoms with E-state index in [2.05, 4.69) is 27.9 Å². The van der Waals surface area contributed by atoms with Gasteiger partial charge in [0.1, 0.15) is 5.75 Å². The standard InChI is InChI=1S/C23H36N4O4.HI/c1-2-24-23(25-12-3-14-30-21-11-15-29-16-21)26-13-10-18-4-8-20(9-5-18)31-17-22(28)27-19-6-7-19;/h4-5,8-9,19,21H,2-3,6-7,10-17H2,1H3,(H,27,28)(H2,24,25,26);1H. The molecule has 0 bridgehead atoms. The zero-order valence-electron chi connectivity index (χ0n) is 18.9. The zero-order valence-corrected chi connectivity index (χ0v) is 21.3. The second-order valence-electron chi connectivity index (χ2n) is 7.92. The third-order valence-electron chi connectivity index (χ3n) is 5.10. The van der Waals surface area contributed by atoms with Crippen LogP contribution in [0.4, 0.5) is 0 Å². The first-order chi connectivity index (χ1) is 15.2. The lowest BCUT2D eigenvalue weighted by Gasteiger charge is -2.12. The number of aliphatic imine (C=N–C) groups is 1. The second kappa shape index (κ2) is 15.3. The average Bonchev–Trinajstić information content (AvgIpc) is 3.43. The summed E-state index contributed by atoms with van der Waals surface area (Å²) in [4.78, 5) is 16.3. The van der Waals surface area contributed by atoms with Gasteiger partial charge in [-0.3, -0.25) is 9.79 Å². The van der Waals surface area contributed by atoms with Gasteiger partial charge < -0.3 is 30.2 Å². The summed E-state index contributed by atoms with van der Waals surface area (Å²) < 4.78 is 16.6. The molecule has 0 spiro atoms. The monoisotopic (exact) mass is 560 g/mol. The molecule has 1 saturated heterocycles. The SMILES string of the molecule is CCNC(=NCCCOC1CCOC1)NCCc1ccc(OCC(=O)NC2CC2)cc1.I. The van der Waals surface area contributed by atoms with Crippen molar-refractivity contribution in [3.05, 3.63) is 29.8 Å². The normalized spacial score (nSPS) is 18.0. The molecule has 0 aromatic heterocycles. The minimum atomic E-state index is -0.0508. The molecule has 3 rings (SSSR count). The molecule has 32 heavy (non-hydrogen) atoms. The van der Waals surface area contributed by atoms with Crippen LogP contribution in [0.25, 0.3) is 0 Å². The largest absolute Gasteiger partial charge is 0.484 e. The minimum Gasteiger partial charge on any atom is -0.484 e. The summed E-state index contributed by atoms with van der Waals surface area (Å²) in [6, 6.07) is 8.25. The van der Waals surface area contributed by atoms with Crippen LogP contribution in [0.3, 0.4) is 0 Å². The lowest BCUT2D eigenvalue weighted by molar-refractivity contribution is -0.123. The van der Waals surface area contributed by atoms with E-state index in [1.54, 1.807) is 0 Å². The van der Waals surface area contributed by atoms with Crippen LogP contribution >= 0.6 is 24.0 Å². The third-order valence-corrected chi connectivity index (χ3v) is 5.10. The molecular formula is C23H37IN4O4. The number of nitrogens with one attached hydrogen (secondary N) is 3. The van der Waals surface area contributed by atoms with Gasteiger partial charge in [0.2, 0.25) is 0 Å². The van der Waals surface area contributed by atoms with Crippen LogP contribution in [-0.4, -0.2) is 70.1 Å². The van der Waals surface area contributed by atoms with Gasteiger partial charge in [-0.2, -0.15) is 0 Å². The maximum atomic E-state index is 11.7. The number of amides is 1. The van der Waals surface area contributed by atoms with E-state index in [0.717, 1.165) is 70.9 Å². The Morgan fingerprint density at radius 3 is 2.69 bits per heavy atom. The predicted molar refractivity (Wildman–Crippen MR) is 136 cm³/mol. The number of hydrogen-bond donors (Lipinski definition) is 3. The summed E-state index contributed by atoms with van der Waals surface area (Å²) in [5.74, 6) is 1.49. The van der Waals surface area contributed by atoms with Gasteiger partial charge in [-0.05, 0) is 56.7 Å². The Bertz CT molecular complexity index is 692. The zero-order chi connectivity index (χ0) is 21.7. The highest BCUT2D eigenvalue weighted by Gasteiger charge is 2.23. The number of ether oxygens (including phenoxy) is 3. The van der Waals surface area contributed by atoms with Gasteiger partial charge in [-0.25, -0.2) is 0 Å². The van der Waals surface area contributed by atoms with Crippen LogP contribution in [0, 0.1) is 0 Å². The minimum absolute atomic E-state index is 0. The molecule has 9 heteroatoms. The van der Waals surface area contributed by atoms with Crippen LogP contribution in [0.15, 0.2) is 29.3 Å². The van der Waals surface area contributed by atoms with Crippen LogP contribution in [0.2, 0.25) is 0 Å². The molecule has 0 radical (unpaired) electrons. The molecule has 2 fully saturated rings. The number of carbonyl (C=O) groups excluding carboxylic acids is 1. The molecule has 1 aliphatic heterocycles. The lowest BCUT2D eigenvalue weighted by atomic mass is 10.1. The summed E-state index contributed by atoms with van der Waals surface area (Å²) >= 11 is 0. The maximum absolute atomic E-state index is 11.7. The fraction of sp³-hybridized carbons (Fsp3) is 0.652. The Labute approximate surface area is 208 Å². The van der Waals surface area contributed by atoms with Gasteiger partial charge in [-0.15, -0.1) is 24.0 Å². The average molecular weight is 560 g/mol. The van der Waals surface area contributed by atoms with Gasteiger partial charge in [0.15, 0.2) is 12.6 Å². The van der Waals surface area contributed by atoms with Crippen LogP contribution < -0.4 is 20.7 Å². The number of guanidine groups is 1.